The second-order valence-corrected chi connectivity index (χ2v) is 5.54. The first kappa shape index (κ1) is 18.5. The van der Waals surface area contributed by atoms with Crippen LogP contribution in [0.1, 0.15) is 42.5 Å². The Labute approximate surface area is 137 Å². The van der Waals surface area contributed by atoms with Crippen molar-refractivity contribution in [2.24, 2.45) is 5.73 Å². The smallest absolute Gasteiger partial charge is 0.253 e. The highest BCUT2D eigenvalue weighted by Crippen LogP contribution is 2.23. The lowest BCUT2D eigenvalue weighted by Gasteiger charge is -2.31. The van der Waals surface area contributed by atoms with Gasteiger partial charge in [-0.3, -0.25) is 9.59 Å². The van der Waals surface area contributed by atoms with E-state index in [0.29, 0.717) is 17.3 Å². The van der Waals surface area contributed by atoms with E-state index in [9.17, 15) is 9.59 Å². The minimum Gasteiger partial charge on any atom is -0.339 e. The van der Waals surface area contributed by atoms with Gasteiger partial charge in [0.1, 0.15) is 0 Å². The van der Waals surface area contributed by atoms with Gasteiger partial charge in [-0.15, -0.1) is 12.4 Å². The van der Waals surface area contributed by atoms with E-state index in [1.165, 1.54) is 19.3 Å². The minimum absolute atomic E-state index is 0. The number of amides is 2. The van der Waals surface area contributed by atoms with E-state index in [0.717, 1.165) is 12.8 Å². The first-order chi connectivity index (χ1) is 10.1. The number of anilines is 1. The predicted molar refractivity (Wildman–Crippen MR) is 90.3 cm³/mol. The highest BCUT2D eigenvalue weighted by atomic mass is 35.5. The van der Waals surface area contributed by atoms with Crippen LogP contribution in [0.25, 0.3) is 0 Å². The molecule has 1 aliphatic carbocycles. The normalized spacial score (nSPS) is 14.8. The van der Waals surface area contributed by atoms with Gasteiger partial charge in [-0.2, -0.15) is 0 Å². The summed E-state index contributed by atoms with van der Waals surface area (Å²) in [4.78, 5) is 25.5. The molecule has 1 aromatic carbocycles. The van der Waals surface area contributed by atoms with Crippen molar-refractivity contribution in [1.29, 1.82) is 0 Å². The maximum Gasteiger partial charge on any atom is 0.253 e. The van der Waals surface area contributed by atoms with Gasteiger partial charge in [0.15, 0.2) is 0 Å². The average molecular weight is 326 g/mol. The molecular weight excluding hydrogens is 302 g/mol. The van der Waals surface area contributed by atoms with Crippen molar-refractivity contribution in [3.63, 3.8) is 0 Å². The van der Waals surface area contributed by atoms with Gasteiger partial charge in [-0.25, -0.2) is 0 Å². The Kier molecular flexibility index (Phi) is 7.35. The molecule has 0 heterocycles. The van der Waals surface area contributed by atoms with Crippen LogP contribution >= 0.6 is 12.4 Å². The molecule has 0 atom stereocenters. The van der Waals surface area contributed by atoms with Gasteiger partial charge in [0, 0.05) is 24.3 Å². The van der Waals surface area contributed by atoms with Gasteiger partial charge in [-0.1, -0.05) is 19.3 Å². The molecule has 1 aliphatic rings. The van der Waals surface area contributed by atoms with Crippen molar-refractivity contribution in [3.8, 4) is 0 Å². The molecular formula is C16H24ClN3O2. The Hall–Kier alpha value is -1.59. The Bertz CT molecular complexity index is 499. The summed E-state index contributed by atoms with van der Waals surface area (Å²) >= 11 is 0. The number of nitrogens with two attached hydrogens (primary N) is 1. The number of carbonyl (C=O) groups excluding carboxylic acids is 2. The third-order valence-electron chi connectivity index (χ3n) is 4.04. The van der Waals surface area contributed by atoms with Crippen molar-refractivity contribution in [1.82, 2.24) is 4.90 Å². The molecule has 0 spiro atoms. The molecule has 6 heteroatoms. The molecule has 22 heavy (non-hydrogen) atoms. The van der Waals surface area contributed by atoms with Crippen LogP contribution in [0.3, 0.4) is 0 Å². The predicted octanol–water partition coefficient (Wildman–Crippen LogP) is 2.41. The summed E-state index contributed by atoms with van der Waals surface area (Å²) in [5, 5.41) is 2.66. The van der Waals surface area contributed by atoms with Gasteiger partial charge in [0.05, 0.1) is 6.54 Å². The van der Waals surface area contributed by atoms with E-state index in [1.807, 2.05) is 11.9 Å². The lowest BCUT2D eigenvalue weighted by molar-refractivity contribution is -0.114. The number of halogens is 1. The van der Waals surface area contributed by atoms with Crippen molar-refractivity contribution in [3.05, 3.63) is 29.8 Å². The zero-order valence-electron chi connectivity index (χ0n) is 12.9. The summed E-state index contributed by atoms with van der Waals surface area (Å²) in [5.74, 6) is -0.202. The standard InChI is InChI=1S/C16H23N3O2.ClH/c1-19(14-5-3-2-4-6-14)16(21)12-7-9-13(10-8-12)18-15(20)11-17;/h7-10,14H,2-6,11,17H2,1H3,(H,18,20);1H. The van der Waals surface area contributed by atoms with Crippen LogP contribution in [0, 0.1) is 0 Å². The fraction of sp³-hybridized carbons (Fsp3) is 0.500. The van der Waals surface area contributed by atoms with Crippen molar-refractivity contribution < 1.29 is 9.59 Å². The SMILES string of the molecule is CN(C(=O)c1ccc(NC(=O)CN)cc1)C1CCCCC1.Cl. The third-order valence-corrected chi connectivity index (χ3v) is 4.04. The second-order valence-electron chi connectivity index (χ2n) is 5.54. The monoisotopic (exact) mass is 325 g/mol. The van der Waals surface area contributed by atoms with E-state index in [4.69, 9.17) is 5.73 Å². The van der Waals surface area contributed by atoms with E-state index in [-0.39, 0.29) is 30.8 Å². The van der Waals surface area contributed by atoms with Crippen LogP contribution in [-0.2, 0) is 4.79 Å². The maximum atomic E-state index is 12.5. The highest BCUT2D eigenvalue weighted by molar-refractivity contribution is 5.96. The fourth-order valence-electron chi connectivity index (χ4n) is 2.75. The molecule has 0 unspecified atom stereocenters. The summed E-state index contributed by atoms with van der Waals surface area (Å²) in [5.41, 5.74) is 6.55. The second kappa shape index (κ2) is 8.76. The lowest BCUT2D eigenvalue weighted by atomic mass is 9.94. The first-order valence-corrected chi connectivity index (χ1v) is 7.49. The lowest BCUT2D eigenvalue weighted by Crippen LogP contribution is -2.38. The summed E-state index contributed by atoms with van der Waals surface area (Å²) in [6.07, 6.45) is 5.85. The third kappa shape index (κ3) is 4.71. The Morgan fingerprint density at radius 3 is 2.32 bits per heavy atom. The molecule has 1 aromatic rings. The molecule has 1 fully saturated rings. The summed E-state index contributed by atoms with van der Waals surface area (Å²) in [7, 11) is 1.88. The molecule has 0 aliphatic heterocycles. The highest BCUT2D eigenvalue weighted by Gasteiger charge is 2.22. The number of hydrogen-bond acceptors (Lipinski definition) is 3. The number of carbonyl (C=O) groups is 2. The van der Waals surface area contributed by atoms with E-state index in [1.54, 1.807) is 24.3 Å². The first-order valence-electron chi connectivity index (χ1n) is 7.49. The van der Waals surface area contributed by atoms with Crippen molar-refractivity contribution in [2.75, 3.05) is 18.9 Å². The van der Waals surface area contributed by atoms with Crippen LogP contribution in [0.4, 0.5) is 5.69 Å². The maximum absolute atomic E-state index is 12.5. The largest absolute Gasteiger partial charge is 0.339 e. The topological polar surface area (TPSA) is 75.4 Å². The molecule has 2 amide bonds. The Morgan fingerprint density at radius 2 is 1.77 bits per heavy atom. The number of nitrogens with zero attached hydrogens (tertiary/aromatic N) is 1. The van der Waals surface area contributed by atoms with E-state index < -0.39 is 0 Å². The quantitative estimate of drug-likeness (QED) is 0.892. The molecule has 0 radical (unpaired) electrons. The zero-order valence-corrected chi connectivity index (χ0v) is 13.7. The summed E-state index contributed by atoms with van der Waals surface area (Å²) in [6, 6.07) is 7.30. The van der Waals surface area contributed by atoms with Gasteiger partial charge in [0.2, 0.25) is 5.91 Å². The zero-order chi connectivity index (χ0) is 15.2. The number of benzene rings is 1. The Balaban J connectivity index is 0.00000242. The molecule has 2 rings (SSSR count). The minimum atomic E-state index is -0.242. The molecule has 0 aromatic heterocycles. The number of hydrogen-bond donors (Lipinski definition) is 2. The van der Waals surface area contributed by atoms with Crippen LogP contribution in [0.15, 0.2) is 24.3 Å². The molecule has 3 N–H and O–H groups in total. The van der Waals surface area contributed by atoms with E-state index in [2.05, 4.69) is 5.32 Å². The summed E-state index contributed by atoms with van der Waals surface area (Å²) in [6.45, 7) is -0.0505. The van der Waals surface area contributed by atoms with E-state index >= 15 is 0 Å². The van der Waals surface area contributed by atoms with Crippen molar-refractivity contribution in [2.45, 2.75) is 38.1 Å². The van der Waals surface area contributed by atoms with Gasteiger partial charge < -0.3 is 16.0 Å². The van der Waals surface area contributed by atoms with Gasteiger partial charge in [-0.05, 0) is 37.1 Å². The van der Waals surface area contributed by atoms with Crippen molar-refractivity contribution >= 4 is 29.9 Å². The molecule has 5 nitrogen and oxygen atoms in total. The molecule has 1 saturated carbocycles. The van der Waals surface area contributed by atoms with Crippen LogP contribution in [0.5, 0.6) is 0 Å². The molecule has 0 bridgehead atoms. The van der Waals surface area contributed by atoms with Crippen LogP contribution < -0.4 is 11.1 Å². The van der Waals surface area contributed by atoms with Crippen LogP contribution in [0.2, 0.25) is 0 Å². The summed E-state index contributed by atoms with van der Waals surface area (Å²) < 4.78 is 0. The van der Waals surface area contributed by atoms with Gasteiger partial charge in [0.25, 0.3) is 5.91 Å². The van der Waals surface area contributed by atoms with Gasteiger partial charge >= 0.3 is 0 Å². The Morgan fingerprint density at radius 1 is 1.18 bits per heavy atom. The fourth-order valence-corrected chi connectivity index (χ4v) is 2.75. The molecule has 122 valence electrons. The average Bonchev–Trinajstić information content (AvgIpc) is 2.55. The molecule has 0 saturated heterocycles. The van der Waals surface area contributed by atoms with Crippen LogP contribution in [-0.4, -0.2) is 36.3 Å². The number of rotatable bonds is 4. The number of nitrogens with one attached hydrogen (secondary N) is 1.